The molecule has 0 aliphatic carbocycles. The van der Waals surface area contributed by atoms with E-state index in [1.807, 2.05) is 13.8 Å². The number of halogens is 5. The van der Waals surface area contributed by atoms with Crippen molar-refractivity contribution in [1.82, 2.24) is 0 Å². The quantitative estimate of drug-likeness (QED) is 0.0279. The molecule has 0 saturated heterocycles. The Morgan fingerprint density at radius 1 is 0.529 bits per heavy atom. The average Bonchev–Trinajstić information content (AvgIpc) is 3.32. The highest BCUT2D eigenvalue weighted by Crippen LogP contribution is 2.31. The van der Waals surface area contributed by atoms with Gasteiger partial charge in [-0.3, -0.25) is 28.8 Å². The number of alkyl halides is 3. The fourth-order valence-electron chi connectivity index (χ4n) is 6.56. The van der Waals surface area contributed by atoms with Crippen LogP contribution in [-0.4, -0.2) is 72.3 Å². The molecule has 16 nitrogen and oxygen atoms in total. The zero-order valence-corrected chi connectivity index (χ0v) is 42.0. The maximum Gasteiger partial charge on any atom is 0.258 e. The van der Waals surface area contributed by atoms with Crippen molar-refractivity contribution in [2.75, 3.05) is 46.2 Å². The number of hydrogen-bond acceptors (Lipinski definition) is 12. The van der Waals surface area contributed by atoms with Crippen LogP contribution in [0.2, 0.25) is 10.0 Å². The topological polar surface area (TPSA) is 218 Å². The molecular weight excluding hydrogens is 1010 g/mol. The Morgan fingerprint density at radius 3 is 1.37 bits per heavy atom. The summed E-state index contributed by atoms with van der Waals surface area (Å²) in [4.78, 5) is 79.0. The van der Waals surface area contributed by atoms with E-state index >= 15 is 0 Å². The van der Waals surface area contributed by atoms with E-state index in [-0.39, 0.29) is 49.8 Å². The van der Waals surface area contributed by atoms with Gasteiger partial charge >= 0.3 is 0 Å². The van der Waals surface area contributed by atoms with Crippen LogP contribution < -0.4 is 30.7 Å². The van der Waals surface area contributed by atoms with Gasteiger partial charge in [0.25, 0.3) is 23.6 Å². The van der Waals surface area contributed by atoms with Crippen LogP contribution in [-0.2, 0) is 37.9 Å². The van der Waals surface area contributed by atoms with Gasteiger partial charge in [-0.2, -0.15) is 20.5 Å². The van der Waals surface area contributed by atoms with Gasteiger partial charge in [0.2, 0.25) is 12.1 Å². The van der Waals surface area contributed by atoms with Gasteiger partial charge in [0.15, 0.2) is 11.6 Å². The Kier molecular flexibility index (Phi) is 20.7. The Morgan fingerprint density at radius 2 is 0.957 bits per heavy atom. The maximum atomic E-state index is 13.5. The smallest absolute Gasteiger partial charge is 0.258 e. The molecule has 0 aliphatic rings. The molecule has 21 heteroatoms. The summed E-state index contributed by atoms with van der Waals surface area (Å²) in [5, 5.41) is 27.2. The number of benzene rings is 5. The van der Waals surface area contributed by atoms with Crippen LogP contribution in [0.25, 0.3) is 0 Å². The molecule has 2 atom stereocenters. The highest BCUT2D eigenvalue weighted by Gasteiger charge is 2.26. The normalized spacial score (nSPS) is 12.0. The van der Waals surface area contributed by atoms with Crippen LogP contribution in [0.4, 0.5) is 34.1 Å². The number of hydrogen-bond donors (Lipinski definition) is 4. The van der Waals surface area contributed by atoms with Gasteiger partial charge < -0.3 is 30.7 Å². The largest absolute Gasteiger partial charge is 0.494 e. The molecular formula is C49H47Cl5N8O8. The molecule has 366 valence electrons. The molecule has 0 bridgehead atoms. The number of anilines is 4. The number of ether oxygens (including phenoxy) is 2. The summed E-state index contributed by atoms with van der Waals surface area (Å²) in [7, 11) is 0. The third-order valence-electron chi connectivity index (χ3n) is 10.0. The first-order valence-electron chi connectivity index (χ1n) is 21.6. The molecule has 0 spiro atoms. The Bertz CT molecular complexity index is 2830. The second kappa shape index (κ2) is 26.5. The maximum absolute atomic E-state index is 13.5. The molecule has 2 unspecified atom stereocenters. The lowest BCUT2D eigenvalue weighted by Crippen LogP contribution is -2.32. The van der Waals surface area contributed by atoms with Gasteiger partial charge in [-0.1, -0.05) is 23.2 Å². The fourth-order valence-corrected chi connectivity index (χ4v) is 7.50. The van der Waals surface area contributed by atoms with Gasteiger partial charge in [0, 0.05) is 51.5 Å². The number of ketones is 2. The van der Waals surface area contributed by atoms with Crippen LogP contribution in [0.1, 0.15) is 65.1 Å². The Labute approximate surface area is 428 Å². The fraction of sp³-hybridized carbons (Fsp3) is 0.265. The van der Waals surface area contributed by atoms with E-state index < -0.39 is 47.3 Å². The molecule has 5 aromatic carbocycles. The van der Waals surface area contributed by atoms with Crippen molar-refractivity contribution in [2.45, 2.75) is 58.5 Å². The molecule has 0 aromatic heterocycles. The number of nitrogens with zero attached hydrogens (tertiary/aromatic N) is 4. The van der Waals surface area contributed by atoms with E-state index in [1.165, 1.54) is 54.6 Å². The second-order valence-electron chi connectivity index (χ2n) is 15.1. The SMILES string of the molecule is CCOc1ccc(NC(=O)c2ccc(Cl)c(N=NC(C(C)=O)C(=O)Nc3ccc(NC(=O)C(N=Nc4cc(C(=O)Nc5ccc(OCC)cc5CCCl)ccc4Cl)C(C)=O)c(CCl)c3)c2)c(CCCl)c1. The van der Waals surface area contributed by atoms with E-state index in [0.29, 0.717) is 66.3 Å². The summed E-state index contributed by atoms with van der Waals surface area (Å²) in [6, 6.07) is 20.1. The molecule has 0 aliphatic heterocycles. The van der Waals surface area contributed by atoms with Crippen LogP contribution in [0.15, 0.2) is 111 Å². The number of carbonyl (C=O) groups excluding carboxylic acids is 6. The second-order valence-corrected chi connectivity index (χ2v) is 16.9. The van der Waals surface area contributed by atoms with Crippen molar-refractivity contribution in [3.63, 3.8) is 0 Å². The standard InChI is InChI=1S/C49H47Cl5N8O8/c1-5-69-35-10-15-39(29(22-35)17-19-50)56-46(65)31-7-12-37(53)42(24-31)59-61-44(27(3)63)48(67)55-34-9-14-41(33(21-34)26-52)58-49(68)45(28(4)64)62-60-43-25-32(8-13-38(43)54)47(66)57-40-16-11-36(70-6-2)23-30(40)18-20-51/h7-16,21-25,44-45H,5-6,17-20,26H2,1-4H3,(H,55,67)(H,56,65)(H,57,66)(H,58,68). The van der Waals surface area contributed by atoms with Gasteiger partial charge in [-0.05, 0) is 148 Å². The molecule has 5 aromatic rings. The predicted octanol–water partition coefficient (Wildman–Crippen LogP) is 12.0. The summed E-state index contributed by atoms with van der Waals surface area (Å²) < 4.78 is 11.1. The molecule has 5 rings (SSSR count). The minimum atomic E-state index is -1.64. The van der Waals surface area contributed by atoms with E-state index in [9.17, 15) is 28.8 Å². The van der Waals surface area contributed by atoms with Crippen LogP contribution in [0.5, 0.6) is 11.5 Å². The zero-order valence-electron chi connectivity index (χ0n) is 38.2. The number of rotatable bonds is 23. The number of carbonyl (C=O) groups is 6. The number of nitrogens with one attached hydrogen (secondary N) is 4. The first kappa shape index (κ1) is 54.5. The molecule has 0 radical (unpaired) electrons. The number of aryl methyl sites for hydroxylation is 2. The highest BCUT2D eigenvalue weighted by molar-refractivity contribution is 6.33. The van der Waals surface area contributed by atoms with E-state index in [4.69, 9.17) is 67.5 Å². The number of azo groups is 2. The van der Waals surface area contributed by atoms with Gasteiger partial charge in [-0.25, -0.2) is 0 Å². The summed E-state index contributed by atoms with van der Waals surface area (Å²) in [5.74, 6) is -2.28. The molecule has 4 N–H and O–H groups in total. The predicted molar refractivity (Wildman–Crippen MR) is 274 cm³/mol. The summed E-state index contributed by atoms with van der Waals surface area (Å²) >= 11 is 31.0. The van der Waals surface area contributed by atoms with Crippen molar-refractivity contribution in [1.29, 1.82) is 0 Å². The van der Waals surface area contributed by atoms with Crippen molar-refractivity contribution >= 4 is 127 Å². The molecule has 0 fully saturated rings. The van der Waals surface area contributed by atoms with Crippen LogP contribution in [0, 0.1) is 0 Å². The number of amides is 4. The van der Waals surface area contributed by atoms with Crippen molar-refractivity contribution < 1.29 is 38.2 Å². The molecule has 4 amide bonds. The summed E-state index contributed by atoms with van der Waals surface area (Å²) in [5.41, 5.74) is 3.64. The van der Waals surface area contributed by atoms with Crippen LogP contribution >= 0.6 is 58.0 Å². The lowest BCUT2D eigenvalue weighted by atomic mass is 10.1. The van der Waals surface area contributed by atoms with Gasteiger partial charge in [-0.15, -0.1) is 34.8 Å². The Hall–Kier alpha value is -6.43. The van der Waals surface area contributed by atoms with Crippen molar-refractivity contribution in [2.24, 2.45) is 20.5 Å². The summed E-state index contributed by atoms with van der Waals surface area (Å²) in [6.07, 6.45) is 0.943. The van der Waals surface area contributed by atoms with Crippen molar-refractivity contribution in [3.05, 3.63) is 129 Å². The first-order chi connectivity index (χ1) is 33.6. The first-order valence-corrected chi connectivity index (χ1v) is 23.9. The lowest BCUT2D eigenvalue weighted by molar-refractivity contribution is -0.127. The Balaban J connectivity index is 1.26. The van der Waals surface area contributed by atoms with Gasteiger partial charge in [0.1, 0.15) is 22.9 Å². The summed E-state index contributed by atoms with van der Waals surface area (Å²) in [6.45, 7) is 6.97. The number of Topliss-reactive ketones (excluding diaryl/α,β-unsaturated/α-hetero) is 2. The molecule has 0 saturated carbocycles. The van der Waals surface area contributed by atoms with Gasteiger partial charge in [0.05, 0.1) is 23.3 Å². The third kappa shape index (κ3) is 15.0. The van der Waals surface area contributed by atoms with Crippen molar-refractivity contribution in [3.8, 4) is 11.5 Å². The van der Waals surface area contributed by atoms with E-state index in [2.05, 4.69) is 41.7 Å². The van der Waals surface area contributed by atoms with Crippen LogP contribution in [0.3, 0.4) is 0 Å². The minimum Gasteiger partial charge on any atom is -0.494 e. The minimum absolute atomic E-state index is 0.0169. The highest BCUT2D eigenvalue weighted by atomic mass is 35.5. The lowest BCUT2D eigenvalue weighted by Gasteiger charge is -2.15. The monoisotopic (exact) mass is 1050 g/mol. The van der Waals surface area contributed by atoms with E-state index in [0.717, 1.165) is 25.0 Å². The van der Waals surface area contributed by atoms with E-state index in [1.54, 1.807) is 36.4 Å². The zero-order chi connectivity index (χ0) is 50.9. The molecule has 70 heavy (non-hydrogen) atoms. The average molecular weight is 1050 g/mol. The molecule has 0 heterocycles. The third-order valence-corrected chi connectivity index (χ3v) is 11.3.